The summed E-state index contributed by atoms with van der Waals surface area (Å²) in [6, 6.07) is 1.90. The minimum atomic E-state index is 0.0998. The van der Waals surface area contributed by atoms with E-state index < -0.39 is 0 Å². The molecule has 2 aromatic rings. The maximum Gasteiger partial charge on any atom is 0.187 e. The number of nitrogens with zero attached hydrogens (tertiary/aromatic N) is 3. The molecular weight excluding hydrogens is 258 g/mol. The molecule has 0 aliphatic carbocycles. The van der Waals surface area contributed by atoms with Crippen LogP contribution in [0.15, 0.2) is 6.07 Å². The Labute approximate surface area is 117 Å². The van der Waals surface area contributed by atoms with Crippen LogP contribution in [0.25, 0.3) is 0 Å². The molecule has 2 rings (SSSR count). The summed E-state index contributed by atoms with van der Waals surface area (Å²) in [6.45, 7) is 8.78. The number of hydrogen-bond acceptors (Lipinski definition) is 4. The number of ketones is 1. The summed E-state index contributed by atoms with van der Waals surface area (Å²) in [5.74, 6) is 0.0998. The highest BCUT2D eigenvalue weighted by Crippen LogP contribution is 2.18. The molecule has 0 amide bonds. The maximum absolute atomic E-state index is 12.3. The van der Waals surface area contributed by atoms with Crippen molar-refractivity contribution in [2.45, 2.75) is 47.1 Å². The van der Waals surface area contributed by atoms with Gasteiger partial charge in [0.05, 0.1) is 17.8 Å². The molecule has 102 valence electrons. The summed E-state index contributed by atoms with van der Waals surface area (Å²) in [5.41, 5.74) is 2.69. The lowest BCUT2D eigenvalue weighted by molar-refractivity contribution is 0.0982. The molecule has 0 aliphatic rings. The first-order valence-corrected chi connectivity index (χ1v) is 7.39. The second-order valence-corrected chi connectivity index (χ2v) is 5.83. The van der Waals surface area contributed by atoms with Gasteiger partial charge in [-0.1, -0.05) is 6.92 Å². The first kappa shape index (κ1) is 13.9. The number of carbonyl (C=O) groups is 1. The van der Waals surface area contributed by atoms with Gasteiger partial charge < -0.3 is 0 Å². The van der Waals surface area contributed by atoms with Crippen molar-refractivity contribution >= 4 is 17.1 Å². The molecule has 0 aromatic carbocycles. The number of aromatic nitrogens is 3. The van der Waals surface area contributed by atoms with E-state index in [-0.39, 0.29) is 5.78 Å². The summed E-state index contributed by atoms with van der Waals surface area (Å²) in [7, 11) is 0. The minimum absolute atomic E-state index is 0.0998. The van der Waals surface area contributed by atoms with E-state index in [0.717, 1.165) is 29.4 Å². The molecule has 0 radical (unpaired) electrons. The second kappa shape index (κ2) is 5.65. The van der Waals surface area contributed by atoms with Crippen LogP contribution < -0.4 is 0 Å². The highest BCUT2D eigenvalue weighted by molar-refractivity contribution is 7.11. The van der Waals surface area contributed by atoms with Gasteiger partial charge in [-0.25, -0.2) is 4.98 Å². The number of Topliss-reactive ketones (excluding diaryl/α,β-unsaturated/α-hetero) is 1. The second-order valence-electron chi connectivity index (χ2n) is 4.54. The van der Waals surface area contributed by atoms with Gasteiger partial charge in [0, 0.05) is 11.4 Å². The van der Waals surface area contributed by atoms with Gasteiger partial charge in [0.1, 0.15) is 10.7 Å². The van der Waals surface area contributed by atoms with Gasteiger partial charge in [-0.05, 0) is 33.3 Å². The van der Waals surface area contributed by atoms with E-state index in [2.05, 4.69) is 10.1 Å². The zero-order valence-electron chi connectivity index (χ0n) is 11.9. The van der Waals surface area contributed by atoms with Crippen molar-refractivity contribution < 1.29 is 4.79 Å². The highest BCUT2D eigenvalue weighted by Gasteiger charge is 2.16. The first-order chi connectivity index (χ1) is 9.05. The molecule has 5 heteroatoms. The fourth-order valence-corrected chi connectivity index (χ4v) is 2.88. The predicted octanol–water partition coefficient (Wildman–Crippen LogP) is 2.96. The zero-order chi connectivity index (χ0) is 14.0. The molecule has 19 heavy (non-hydrogen) atoms. The number of thiazole rings is 1. The third-order valence-electron chi connectivity index (χ3n) is 3.16. The Morgan fingerprint density at radius 1 is 1.37 bits per heavy atom. The average Bonchev–Trinajstić information content (AvgIpc) is 2.93. The molecule has 0 atom stereocenters. The summed E-state index contributed by atoms with van der Waals surface area (Å²) in [4.78, 5) is 18.0. The highest BCUT2D eigenvalue weighted by atomic mass is 32.1. The van der Waals surface area contributed by atoms with Gasteiger partial charge >= 0.3 is 0 Å². The van der Waals surface area contributed by atoms with Crippen LogP contribution in [0, 0.1) is 13.8 Å². The quantitative estimate of drug-likeness (QED) is 0.789. The van der Waals surface area contributed by atoms with Crippen LogP contribution in [0.5, 0.6) is 0 Å². The summed E-state index contributed by atoms with van der Waals surface area (Å²) >= 11 is 1.60. The number of rotatable bonds is 5. The standard InChI is InChI=1S/C14H19N3OS/c1-5-11-7-12(17(6-2)16-11)13(18)8-14-15-9(3)10(4)19-14/h7H,5-6,8H2,1-4H3. The fourth-order valence-electron chi connectivity index (χ4n) is 1.95. The van der Waals surface area contributed by atoms with E-state index in [1.165, 1.54) is 4.88 Å². The summed E-state index contributed by atoms with van der Waals surface area (Å²) < 4.78 is 1.79. The Balaban J connectivity index is 2.21. The van der Waals surface area contributed by atoms with Gasteiger partial charge in [-0.15, -0.1) is 11.3 Å². The molecule has 0 saturated heterocycles. The van der Waals surface area contributed by atoms with Gasteiger partial charge in [-0.2, -0.15) is 5.10 Å². The van der Waals surface area contributed by atoms with Crippen molar-refractivity contribution in [2.24, 2.45) is 0 Å². The largest absolute Gasteiger partial charge is 0.292 e. The van der Waals surface area contributed by atoms with E-state index in [1.54, 1.807) is 16.0 Å². The molecule has 0 bridgehead atoms. The normalized spacial score (nSPS) is 10.9. The van der Waals surface area contributed by atoms with E-state index in [9.17, 15) is 4.79 Å². The average molecular weight is 277 g/mol. The van der Waals surface area contributed by atoms with Crippen LogP contribution in [0.2, 0.25) is 0 Å². The third-order valence-corrected chi connectivity index (χ3v) is 4.24. The smallest absolute Gasteiger partial charge is 0.187 e. The van der Waals surface area contributed by atoms with Crippen molar-refractivity contribution in [3.63, 3.8) is 0 Å². The third kappa shape index (κ3) is 2.92. The Kier molecular flexibility index (Phi) is 4.14. The van der Waals surface area contributed by atoms with E-state index in [0.29, 0.717) is 12.1 Å². The Bertz CT molecular complexity index is 578. The van der Waals surface area contributed by atoms with Gasteiger partial charge in [-0.3, -0.25) is 9.48 Å². The van der Waals surface area contributed by atoms with Gasteiger partial charge in [0.25, 0.3) is 0 Å². The number of aryl methyl sites for hydroxylation is 4. The molecule has 0 aliphatic heterocycles. The van der Waals surface area contributed by atoms with Crippen molar-refractivity contribution in [2.75, 3.05) is 0 Å². The van der Waals surface area contributed by atoms with Gasteiger partial charge in [0.15, 0.2) is 5.78 Å². The van der Waals surface area contributed by atoms with Crippen LogP contribution in [-0.4, -0.2) is 20.5 Å². The van der Waals surface area contributed by atoms with Crippen molar-refractivity contribution in [3.05, 3.63) is 33.0 Å². The zero-order valence-corrected chi connectivity index (χ0v) is 12.7. The molecule has 0 spiro atoms. The molecular formula is C14H19N3OS. The molecule has 0 saturated carbocycles. The monoisotopic (exact) mass is 277 g/mol. The molecule has 2 aromatic heterocycles. The van der Waals surface area contributed by atoms with E-state index in [1.807, 2.05) is 33.8 Å². The van der Waals surface area contributed by atoms with Crippen molar-refractivity contribution in [1.29, 1.82) is 0 Å². The van der Waals surface area contributed by atoms with E-state index >= 15 is 0 Å². The van der Waals surface area contributed by atoms with Crippen LogP contribution in [-0.2, 0) is 19.4 Å². The molecule has 2 heterocycles. The number of carbonyl (C=O) groups excluding carboxylic acids is 1. The summed E-state index contributed by atoms with van der Waals surface area (Å²) in [5, 5.41) is 5.30. The lowest BCUT2D eigenvalue weighted by Gasteiger charge is -2.01. The molecule has 0 fully saturated rings. The van der Waals surface area contributed by atoms with Crippen LogP contribution >= 0.6 is 11.3 Å². The first-order valence-electron chi connectivity index (χ1n) is 6.58. The van der Waals surface area contributed by atoms with E-state index in [4.69, 9.17) is 0 Å². The Morgan fingerprint density at radius 3 is 2.63 bits per heavy atom. The molecule has 4 nitrogen and oxygen atoms in total. The fraction of sp³-hybridized carbons (Fsp3) is 0.500. The Hall–Kier alpha value is -1.49. The van der Waals surface area contributed by atoms with Gasteiger partial charge in [0.2, 0.25) is 0 Å². The minimum Gasteiger partial charge on any atom is -0.292 e. The predicted molar refractivity (Wildman–Crippen MR) is 76.9 cm³/mol. The topological polar surface area (TPSA) is 47.8 Å². The SMILES string of the molecule is CCc1cc(C(=O)Cc2nc(C)c(C)s2)n(CC)n1. The van der Waals surface area contributed by atoms with Crippen molar-refractivity contribution in [1.82, 2.24) is 14.8 Å². The van der Waals surface area contributed by atoms with Crippen molar-refractivity contribution in [3.8, 4) is 0 Å². The lowest BCUT2D eigenvalue weighted by atomic mass is 10.2. The molecule has 0 unspecified atom stereocenters. The van der Waals surface area contributed by atoms with Crippen LogP contribution in [0.4, 0.5) is 0 Å². The maximum atomic E-state index is 12.3. The Morgan fingerprint density at radius 2 is 2.11 bits per heavy atom. The van der Waals surface area contributed by atoms with Crippen LogP contribution in [0.1, 0.15) is 45.6 Å². The number of hydrogen-bond donors (Lipinski definition) is 0. The summed E-state index contributed by atoms with van der Waals surface area (Å²) in [6.07, 6.45) is 1.22. The molecule has 0 N–H and O–H groups in total. The lowest BCUT2D eigenvalue weighted by Crippen LogP contribution is -2.11. The van der Waals surface area contributed by atoms with Crippen LogP contribution in [0.3, 0.4) is 0 Å².